The van der Waals surface area contributed by atoms with Crippen molar-refractivity contribution in [1.82, 2.24) is 15.5 Å². The molecule has 2 heterocycles. The van der Waals surface area contributed by atoms with Gasteiger partial charge < -0.3 is 24.8 Å². The molecule has 1 saturated heterocycles. The van der Waals surface area contributed by atoms with Crippen molar-refractivity contribution in [3.8, 4) is 22.9 Å². The summed E-state index contributed by atoms with van der Waals surface area (Å²) in [6.07, 6.45) is -0.249. The van der Waals surface area contributed by atoms with Gasteiger partial charge in [0.25, 0.3) is 5.89 Å². The lowest BCUT2D eigenvalue weighted by atomic mass is 10.2. The number of benzene rings is 1. The molecule has 3 N–H and O–H groups in total. The largest absolute Gasteiger partial charge is 0.504 e. The number of aromatic hydroxyl groups is 2. The molecule has 7 heteroatoms. The molecule has 100 valence electrons. The van der Waals surface area contributed by atoms with Crippen LogP contribution in [0.1, 0.15) is 12.0 Å². The van der Waals surface area contributed by atoms with Gasteiger partial charge in [0.05, 0.1) is 6.61 Å². The van der Waals surface area contributed by atoms with Crippen molar-refractivity contribution in [2.24, 2.45) is 0 Å². The van der Waals surface area contributed by atoms with Crippen molar-refractivity contribution in [1.29, 1.82) is 0 Å². The number of nitrogens with one attached hydrogen (secondary N) is 1. The van der Waals surface area contributed by atoms with Crippen LogP contribution in [0.15, 0.2) is 22.7 Å². The first-order chi connectivity index (χ1) is 9.24. The summed E-state index contributed by atoms with van der Waals surface area (Å²) in [6.45, 7) is 2.04. The SMILES string of the molecule is Oc1ccc(-c2noc(C3CNCCO3)n2)cc1O. The third-order valence-electron chi connectivity index (χ3n) is 2.88. The first-order valence-corrected chi connectivity index (χ1v) is 5.92. The fraction of sp³-hybridized carbons (Fsp3) is 0.333. The summed E-state index contributed by atoms with van der Waals surface area (Å²) >= 11 is 0. The summed E-state index contributed by atoms with van der Waals surface area (Å²) in [5, 5.41) is 25.7. The standard InChI is InChI=1S/C12H13N3O4/c16-8-2-1-7(5-9(8)17)11-14-12(19-15-11)10-6-13-3-4-18-10/h1-2,5,10,13,16-17H,3-4,6H2. The third kappa shape index (κ3) is 2.38. The van der Waals surface area contributed by atoms with Gasteiger partial charge in [-0.15, -0.1) is 0 Å². The van der Waals surface area contributed by atoms with Crippen LogP contribution >= 0.6 is 0 Å². The molecule has 0 saturated carbocycles. The fourth-order valence-corrected chi connectivity index (χ4v) is 1.87. The zero-order valence-electron chi connectivity index (χ0n) is 10.0. The van der Waals surface area contributed by atoms with E-state index in [4.69, 9.17) is 9.26 Å². The summed E-state index contributed by atoms with van der Waals surface area (Å²) in [5.74, 6) is 0.334. The van der Waals surface area contributed by atoms with Gasteiger partial charge in [0.2, 0.25) is 5.82 Å². The molecule has 0 aliphatic carbocycles. The third-order valence-corrected chi connectivity index (χ3v) is 2.88. The van der Waals surface area contributed by atoms with Crippen molar-refractivity contribution in [3.63, 3.8) is 0 Å². The number of ether oxygens (including phenoxy) is 1. The Hall–Kier alpha value is -2.12. The minimum atomic E-state index is -0.249. The normalized spacial score (nSPS) is 19.5. The van der Waals surface area contributed by atoms with E-state index in [1.54, 1.807) is 6.07 Å². The highest BCUT2D eigenvalue weighted by atomic mass is 16.5. The maximum Gasteiger partial charge on any atom is 0.257 e. The van der Waals surface area contributed by atoms with E-state index >= 15 is 0 Å². The molecule has 1 unspecified atom stereocenters. The van der Waals surface area contributed by atoms with Gasteiger partial charge >= 0.3 is 0 Å². The van der Waals surface area contributed by atoms with Crippen molar-refractivity contribution in [2.45, 2.75) is 6.10 Å². The Bertz CT molecular complexity index is 578. The predicted molar refractivity (Wildman–Crippen MR) is 64.6 cm³/mol. The van der Waals surface area contributed by atoms with Crippen LogP contribution < -0.4 is 5.32 Å². The molecule has 1 fully saturated rings. The van der Waals surface area contributed by atoms with Crippen LogP contribution in [0.2, 0.25) is 0 Å². The maximum atomic E-state index is 9.45. The van der Waals surface area contributed by atoms with E-state index < -0.39 is 0 Å². The first kappa shape index (κ1) is 11.9. The highest BCUT2D eigenvalue weighted by Crippen LogP contribution is 2.29. The van der Waals surface area contributed by atoms with Crippen LogP contribution in [-0.2, 0) is 4.74 Å². The van der Waals surface area contributed by atoms with Crippen molar-refractivity contribution < 1.29 is 19.5 Å². The topological polar surface area (TPSA) is 101 Å². The van der Waals surface area contributed by atoms with Gasteiger partial charge in [0.1, 0.15) is 6.10 Å². The second kappa shape index (κ2) is 4.87. The molecule has 7 nitrogen and oxygen atoms in total. The first-order valence-electron chi connectivity index (χ1n) is 5.92. The average molecular weight is 263 g/mol. The fourth-order valence-electron chi connectivity index (χ4n) is 1.87. The lowest BCUT2D eigenvalue weighted by Gasteiger charge is -2.19. The van der Waals surface area contributed by atoms with E-state index in [1.165, 1.54) is 12.1 Å². The smallest absolute Gasteiger partial charge is 0.257 e. The van der Waals surface area contributed by atoms with Gasteiger partial charge in [-0.25, -0.2) is 0 Å². The van der Waals surface area contributed by atoms with Gasteiger partial charge in [0.15, 0.2) is 11.5 Å². The minimum absolute atomic E-state index is 0.188. The Morgan fingerprint density at radius 3 is 2.89 bits per heavy atom. The van der Waals surface area contributed by atoms with Crippen molar-refractivity contribution >= 4 is 0 Å². The molecular weight excluding hydrogens is 250 g/mol. The second-order valence-electron chi connectivity index (χ2n) is 4.22. The molecule has 0 spiro atoms. The van der Waals surface area contributed by atoms with Gasteiger partial charge in [-0.3, -0.25) is 0 Å². The molecule has 1 aromatic carbocycles. The molecule has 0 bridgehead atoms. The number of nitrogens with zero attached hydrogens (tertiary/aromatic N) is 2. The van der Waals surface area contributed by atoms with Crippen LogP contribution in [0, 0.1) is 0 Å². The molecule has 1 atom stereocenters. The second-order valence-corrected chi connectivity index (χ2v) is 4.22. The van der Waals surface area contributed by atoms with Crippen LogP contribution in [0.5, 0.6) is 11.5 Å². The lowest BCUT2D eigenvalue weighted by Crippen LogP contribution is -2.33. The van der Waals surface area contributed by atoms with E-state index in [1.807, 2.05) is 0 Å². The number of hydrogen-bond donors (Lipinski definition) is 3. The summed E-state index contributed by atoms with van der Waals surface area (Å²) in [5.41, 5.74) is 0.564. The van der Waals surface area contributed by atoms with Gasteiger partial charge in [-0.05, 0) is 18.2 Å². The molecule has 1 aliphatic heterocycles. The van der Waals surface area contributed by atoms with Crippen LogP contribution in [0.4, 0.5) is 0 Å². The highest BCUT2D eigenvalue weighted by molar-refractivity contribution is 5.59. The van der Waals surface area contributed by atoms with Crippen LogP contribution in [0.3, 0.4) is 0 Å². The Morgan fingerprint density at radius 1 is 1.26 bits per heavy atom. The van der Waals surface area contributed by atoms with E-state index in [9.17, 15) is 10.2 Å². The van der Waals surface area contributed by atoms with E-state index in [0.29, 0.717) is 30.4 Å². The molecule has 3 rings (SSSR count). The van der Waals surface area contributed by atoms with Crippen LogP contribution in [-0.4, -0.2) is 40.1 Å². The zero-order chi connectivity index (χ0) is 13.2. The quantitative estimate of drug-likeness (QED) is 0.689. The van der Waals surface area contributed by atoms with Crippen molar-refractivity contribution in [3.05, 3.63) is 24.1 Å². The molecule has 2 aromatic rings. The molecule has 19 heavy (non-hydrogen) atoms. The van der Waals surface area contributed by atoms with Gasteiger partial charge in [-0.1, -0.05) is 5.16 Å². The van der Waals surface area contributed by atoms with Gasteiger partial charge in [0, 0.05) is 18.7 Å². The maximum absolute atomic E-state index is 9.45. The Morgan fingerprint density at radius 2 is 2.16 bits per heavy atom. The number of rotatable bonds is 2. The summed E-state index contributed by atoms with van der Waals surface area (Å²) < 4.78 is 10.7. The lowest BCUT2D eigenvalue weighted by molar-refractivity contribution is 0.00755. The Labute approximate surface area is 108 Å². The van der Waals surface area contributed by atoms with Gasteiger partial charge in [-0.2, -0.15) is 4.98 Å². The minimum Gasteiger partial charge on any atom is -0.504 e. The zero-order valence-corrected chi connectivity index (χ0v) is 10.0. The number of morpholine rings is 1. The molecule has 0 radical (unpaired) electrons. The summed E-state index contributed by atoms with van der Waals surface area (Å²) in [7, 11) is 0. The Balaban J connectivity index is 1.85. The highest BCUT2D eigenvalue weighted by Gasteiger charge is 2.22. The number of phenolic OH excluding ortho intramolecular Hbond substituents is 2. The number of hydrogen-bond acceptors (Lipinski definition) is 7. The number of aromatic nitrogens is 2. The molecule has 0 amide bonds. The summed E-state index contributed by atoms with van der Waals surface area (Å²) in [6, 6.07) is 4.35. The van der Waals surface area contributed by atoms with E-state index in [2.05, 4.69) is 15.5 Å². The average Bonchev–Trinajstić information content (AvgIpc) is 2.93. The predicted octanol–water partition coefficient (Wildman–Crippen LogP) is 0.809. The number of phenols is 2. The molecular formula is C12H13N3O4. The monoisotopic (exact) mass is 263 g/mol. The Kier molecular flexibility index (Phi) is 3.06. The van der Waals surface area contributed by atoms with E-state index in [0.717, 1.165) is 6.54 Å². The summed E-state index contributed by atoms with van der Waals surface area (Å²) in [4.78, 5) is 4.24. The van der Waals surface area contributed by atoms with Crippen LogP contribution in [0.25, 0.3) is 11.4 Å². The molecule has 1 aromatic heterocycles. The molecule has 1 aliphatic rings. The van der Waals surface area contributed by atoms with Crippen molar-refractivity contribution in [2.75, 3.05) is 19.7 Å². The van der Waals surface area contributed by atoms with E-state index in [-0.39, 0.29) is 17.6 Å².